The highest BCUT2D eigenvalue weighted by Gasteiger charge is 2.32. The molecular formula is C16H26N2OS. The van der Waals surface area contributed by atoms with Gasteiger partial charge >= 0.3 is 0 Å². The third kappa shape index (κ3) is 3.40. The smallest absolute Gasteiger partial charge is 0.227 e. The van der Waals surface area contributed by atoms with Crippen molar-refractivity contribution >= 4 is 17.2 Å². The highest BCUT2D eigenvalue weighted by Crippen LogP contribution is 2.32. The molecule has 1 aliphatic rings. The summed E-state index contributed by atoms with van der Waals surface area (Å²) in [7, 11) is 0. The molecule has 2 heterocycles. The van der Waals surface area contributed by atoms with Gasteiger partial charge in [-0.1, -0.05) is 34.6 Å². The van der Waals surface area contributed by atoms with Crippen molar-refractivity contribution < 1.29 is 4.79 Å². The van der Waals surface area contributed by atoms with Gasteiger partial charge in [0.2, 0.25) is 5.91 Å². The van der Waals surface area contributed by atoms with Crippen molar-refractivity contribution in [3.05, 3.63) is 16.1 Å². The lowest BCUT2D eigenvalue weighted by Gasteiger charge is -2.35. The standard InChI is InChI=1S/C16H26N2OS/c1-11(2)13-10-20-14(17-13)12-7-6-8-18(9-12)15(19)16(3,4)5/h10-12H,6-9H2,1-5H3/t12-/m0/s1. The van der Waals surface area contributed by atoms with Gasteiger partial charge in [-0.25, -0.2) is 4.98 Å². The van der Waals surface area contributed by atoms with E-state index in [0.29, 0.717) is 11.8 Å². The van der Waals surface area contributed by atoms with Gasteiger partial charge in [0.25, 0.3) is 0 Å². The number of amides is 1. The molecule has 0 bridgehead atoms. The number of carbonyl (C=O) groups excluding carboxylic acids is 1. The third-order valence-corrected chi connectivity index (χ3v) is 4.86. The maximum Gasteiger partial charge on any atom is 0.227 e. The molecule has 4 heteroatoms. The molecule has 1 amide bonds. The van der Waals surface area contributed by atoms with Gasteiger partial charge in [0.15, 0.2) is 0 Å². The fourth-order valence-corrected chi connectivity index (χ4v) is 3.70. The second-order valence-electron chi connectivity index (χ2n) is 7.11. The molecular weight excluding hydrogens is 268 g/mol. The summed E-state index contributed by atoms with van der Waals surface area (Å²) in [4.78, 5) is 19.2. The summed E-state index contributed by atoms with van der Waals surface area (Å²) in [5.41, 5.74) is 0.901. The normalized spacial score (nSPS) is 20.5. The summed E-state index contributed by atoms with van der Waals surface area (Å²) >= 11 is 1.76. The zero-order valence-corrected chi connectivity index (χ0v) is 14.1. The van der Waals surface area contributed by atoms with E-state index in [1.54, 1.807) is 11.3 Å². The van der Waals surface area contributed by atoms with Gasteiger partial charge in [-0.3, -0.25) is 4.79 Å². The molecule has 2 rings (SSSR count). The van der Waals surface area contributed by atoms with Crippen LogP contribution in [0.4, 0.5) is 0 Å². The van der Waals surface area contributed by atoms with E-state index >= 15 is 0 Å². The van der Waals surface area contributed by atoms with E-state index in [4.69, 9.17) is 4.98 Å². The number of thiazole rings is 1. The molecule has 112 valence electrons. The van der Waals surface area contributed by atoms with Crippen molar-refractivity contribution in [2.75, 3.05) is 13.1 Å². The van der Waals surface area contributed by atoms with Crippen LogP contribution in [0.1, 0.15) is 70.0 Å². The quantitative estimate of drug-likeness (QED) is 0.825. The molecule has 0 aromatic carbocycles. The number of hydrogen-bond donors (Lipinski definition) is 0. The molecule has 1 aromatic heterocycles. The number of carbonyl (C=O) groups is 1. The monoisotopic (exact) mass is 294 g/mol. The van der Waals surface area contributed by atoms with Crippen molar-refractivity contribution in [2.24, 2.45) is 5.41 Å². The highest BCUT2D eigenvalue weighted by molar-refractivity contribution is 7.09. The second-order valence-corrected chi connectivity index (χ2v) is 8.00. The summed E-state index contributed by atoms with van der Waals surface area (Å²) in [5, 5.41) is 3.38. The second kappa shape index (κ2) is 5.84. The van der Waals surface area contributed by atoms with E-state index in [2.05, 4.69) is 19.2 Å². The Balaban J connectivity index is 2.08. The zero-order valence-electron chi connectivity index (χ0n) is 13.3. The summed E-state index contributed by atoms with van der Waals surface area (Å²) in [5.74, 6) is 1.17. The summed E-state index contributed by atoms with van der Waals surface area (Å²) in [6, 6.07) is 0. The molecule has 0 spiro atoms. The first-order valence-corrected chi connectivity index (χ1v) is 8.41. The van der Waals surface area contributed by atoms with Gasteiger partial charge in [0, 0.05) is 29.8 Å². The lowest BCUT2D eigenvalue weighted by molar-refractivity contribution is -0.140. The highest BCUT2D eigenvalue weighted by atomic mass is 32.1. The van der Waals surface area contributed by atoms with Crippen LogP contribution in [0.2, 0.25) is 0 Å². The van der Waals surface area contributed by atoms with Crippen LogP contribution in [-0.2, 0) is 4.79 Å². The average Bonchev–Trinajstić information content (AvgIpc) is 2.86. The van der Waals surface area contributed by atoms with Crippen LogP contribution >= 0.6 is 11.3 Å². The molecule has 0 radical (unpaired) electrons. The molecule has 1 aromatic rings. The lowest BCUT2D eigenvalue weighted by atomic mass is 9.91. The Morgan fingerprint density at radius 1 is 1.45 bits per heavy atom. The average molecular weight is 294 g/mol. The van der Waals surface area contributed by atoms with Crippen LogP contribution in [0.15, 0.2) is 5.38 Å². The molecule has 1 fully saturated rings. The molecule has 0 aliphatic carbocycles. The predicted octanol–water partition coefficient (Wildman–Crippen LogP) is 4.02. The van der Waals surface area contributed by atoms with Gasteiger partial charge in [0.05, 0.1) is 10.7 Å². The molecule has 1 atom stereocenters. The summed E-state index contributed by atoms with van der Waals surface area (Å²) in [6.45, 7) is 12.1. The molecule has 0 saturated carbocycles. The number of aromatic nitrogens is 1. The molecule has 3 nitrogen and oxygen atoms in total. The molecule has 0 N–H and O–H groups in total. The number of nitrogens with zero attached hydrogens (tertiary/aromatic N) is 2. The van der Waals surface area contributed by atoms with Gasteiger partial charge in [-0.05, 0) is 18.8 Å². The fourth-order valence-electron chi connectivity index (χ4n) is 2.59. The van der Waals surface area contributed by atoms with Crippen LogP contribution in [0.5, 0.6) is 0 Å². The van der Waals surface area contributed by atoms with Gasteiger partial charge in [-0.2, -0.15) is 0 Å². The Morgan fingerprint density at radius 3 is 2.70 bits per heavy atom. The maximum atomic E-state index is 12.4. The van der Waals surface area contributed by atoms with Crippen LogP contribution in [-0.4, -0.2) is 28.9 Å². The minimum Gasteiger partial charge on any atom is -0.342 e. The van der Waals surface area contributed by atoms with Gasteiger partial charge in [-0.15, -0.1) is 11.3 Å². The third-order valence-electron chi connectivity index (χ3n) is 3.83. The van der Waals surface area contributed by atoms with Crippen molar-refractivity contribution in [1.29, 1.82) is 0 Å². The minimum atomic E-state index is -0.284. The number of hydrogen-bond acceptors (Lipinski definition) is 3. The van der Waals surface area contributed by atoms with Crippen molar-refractivity contribution in [3.8, 4) is 0 Å². The van der Waals surface area contributed by atoms with E-state index in [1.807, 2.05) is 25.7 Å². The maximum absolute atomic E-state index is 12.4. The first-order valence-electron chi connectivity index (χ1n) is 7.53. The number of rotatable bonds is 2. The lowest BCUT2D eigenvalue weighted by Crippen LogP contribution is -2.44. The SMILES string of the molecule is CC(C)c1csc([C@H]2CCCN(C(=O)C(C)(C)C)C2)n1. The Labute approximate surface area is 126 Å². The summed E-state index contributed by atoms with van der Waals surface area (Å²) in [6.07, 6.45) is 2.24. The van der Waals surface area contributed by atoms with Gasteiger partial charge < -0.3 is 4.90 Å². The van der Waals surface area contributed by atoms with Gasteiger partial charge in [0.1, 0.15) is 0 Å². The van der Waals surface area contributed by atoms with E-state index in [1.165, 1.54) is 10.7 Å². The Hall–Kier alpha value is -0.900. The molecule has 0 unspecified atom stereocenters. The van der Waals surface area contributed by atoms with Crippen LogP contribution in [0, 0.1) is 5.41 Å². The number of piperidine rings is 1. The van der Waals surface area contributed by atoms with E-state index in [9.17, 15) is 4.79 Å². The van der Waals surface area contributed by atoms with E-state index in [-0.39, 0.29) is 11.3 Å². The first kappa shape index (κ1) is 15.5. The number of likely N-dealkylation sites (tertiary alicyclic amines) is 1. The fraction of sp³-hybridized carbons (Fsp3) is 0.750. The van der Waals surface area contributed by atoms with Crippen molar-refractivity contribution in [3.63, 3.8) is 0 Å². The molecule has 1 saturated heterocycles. The Morgan fingerprint density at radius 2 is 2.15 bits per heavy atom. The largest absolute Gasteiger partial charge is 0.342 e. The van der Waals surface area contributed by atoms with Crippen LogP contribution in [0.3, 0.4) is 0 Å². The van der Waals surface area contributed by atoms with E-state index in [0.717, 1.165) is 25.9 Å². The van der Waals surface area contributed by atoms with Crippen molar-refractivity contribution in [2.45, 2.75) is 59.3 Å². The first-order chi connectivity index (χ1) is 9.29. The van der Waals surface area contributed by atoms with Crippen LogP contribution < -0.4 is 0 Å². The van der Waals surface area contributed by atoms with Crippen molar-refractivity contribution in [1.82, 2.24) is 9.88 Å². The Kier molecular flexibility index (Phi) is 4.52. The molecule has 1 aliphatic heterocycles. The molecule has 20 heavy (non-hydrogen) atoms. The Bertz CT molecular complexity index is 473. The zero-order chi connectivity index (χ0) is 14.9. The van der Waals surface area contributed by atoms with E-state index < -0.39 is 0 Å². The minimum absolute atomic E-state index is 0.267. The predicted molar refractivity (Wildman–Crippen MR) is 84.2 cm³/mol. The summed E-state index contributed by atoms with van der Waals surface area (Å²) < 4.78 is 0. The van der Waals surface area contributed by atoms with Crippen LogP contribution in [0.25, 0.3) is 0 Å². The topological polar surface area (TPSA) is 33.2 Å².